The van der Waals surface area contributed by atoms with Crippen LogP contribution in [0, 0.1) is 0 Å². The average molecular weight is 325 g/mol. The van der Waals surface area contributed by atoms with Gasteiger partial charge in [0.15, 0.2) is 0 Å². The number of carbonyl (C=O) groups is 2. The summed E-state index contributed by atoms with van der Waals surface area (Å²) in [6, 6.07) is 5.98. The van der Waals surface area contributed by atoms with Crippen molar-refractivity contribution in [2.75, 3.05) is 23.4 Å². The summed E-state index contributed by atoms with van der Waals surface area (Å²) in [5.74, 6) is -0.512. The Bertz CT molecular complexity index is 670. The Labute approximate surface area is 129 Å². The molecule has 0 bridgehead atoms. The second-order valence-corrected chi connectivity index (χ2v) is 7.21. The third-order valence-corrected chi connectivity index (χ3v) is 4.69. The van der Waals surface area contributed by atoms with Crippen molar-refractivity contribution in [1.29, 1.82) is 0 Å². The molecule has 1 aromatic rings. The Morgan fingerprint density at radius 1 is 1.14 bits per heavy atom. The van der Waals surface area contributed by atoms with Crippen LogP contribution in [0.15, 0.2) is 24.3 Å². The van der Waals surface area contributed by atoms with Gasteiger partial charge in [0.2, 0.25) is 21.8 Å². The van der Waals surface area contributed by atoms with Crippen LogP contribution in [0.5, 0.6) is 0 Å². The van der Waals surface area contributed by atoms with E-state index in [-0.39, 0.29) is 11.8 Å². The maximum Gasteiger partial charge on any atom is 0.242 e. The van der Waals surface area contributed by atoms with Crippen LogP contribution in [-0.2, 0) is 19.6 Å². The monoisotopic (exact) mass is 325 g/mol. The quantitative estimate of drug-likeness (QED) is 0.863. The number of rotatable bonds is 4. The number of nitrogens with zero attached hydrogens (tertiary/aromatic N) is 1. The third-order valence-electron chi connectivity index (χ3n) is 3.41. The molecule has 0 aliphatic carbocycles. The molecule has 2 rings (SSSR count). The molecule has 1 unspecified atom stereocenters. The van der Waals surface area contributed by atoms with Crippen molar-refractivity contribution in [2.45, 2.75) is 25.8 Å². The van der Waals surface area contributed by atoms with Gasteiger partial charge in [0.25, 0.3) is 0 Å². The van der Waals surface area contributed by atoms with Crippen LogP contribution in [0.25, 0.3) is 0 Å². The lowest BCUT2D eigenvalue weighted by Gasteiger charge is -2.21. The molecule has 0 aromatic heterocycles. The molecule has 1 saturated heterocycles. The minimum Gasteiger partial charge on any atom is -0.326 e. The van der Waals surface area contributed by atoms with E-state index in [0.29, 0.717) is 30.8 Å². The van der Waals surface area contributed by atoms with E-state index < -0.39 is 16.1 Å². The molecule has 1 aliphatic rings. The SMILES string of the molecule is CC(=O)Nc1ccc(NC(=O)C2CCCN2S(C)(=O)=O)cc1. The van der Waals surface area contributed by atoms with E-state index >= 15 is 0 Å². The van der Waals surface area contributed by atoms with Gasteiger partial charge >= 0.3 is 0 Å². The normalized spacial score (nSPS) is 18.9. The highest BCUT2D eigenvalue weighted by Gasteiger charge is 2.36. The zero-order valence-electron chi connectivity index (χ0n) is 12.5. The first-order chi connectivity index (χ1) is 10.3. The van der Waals surface area contributed by atoms with Gasteiger partial charge in [-0.15, -0.1) is 0 Å². The lowest BCUT2D eigenvalue weighted by atomic mass is 10.2. The second-order valence-electron chi connectivity index (χ2n) is 5.28. The van der Waals surface area contributed by atoms with Gasteiger partial charge in [-0.1, -0.05) is 0 Å². The minimum atomic E-state index is -3.38. The standard InChI is InChI=1S/C14H19N3O4S/c1-10(18)15-11-5-7-12(8-6-11)16-14(19)13-4-3-9-17(13)22(2,20)21/h5-8,13H,3-4,9H2,1-2H3,(H,15,18)(H,16,19). The van der Waals surface area contributed by atoms with Crippen LogP contribution in [0.2, 0.25) is 0 Å². The Kier molecular flexibility index (Phi) is 4.82. The van der Waals surface area contributed by atoms with E-state index in [0.717, 1.165) is 6.26 Å². The molecular weight excluding hydrogens is 306 g/mol. The number of hydrogen-bond acceptors (Lipinski definition) is 4. The molecule has 22 heavy (non-hydrogen) atoms. The summed E-state index contributed by atoms with van der Waals surface area (Å²) < 4.78 is 24.5. The Morgan fingerprint density at radius 3 is 2.18 bits per heavy atom. The Hall–Kier alpha value is -1.93. The predicted octanol–water partition coefficient (Wildman–Crippen LogP) is 1.01. The summed E-state index contributed by atoms with van der Waals surface area (Å²) in [6.45, 7) is 1.79. The minimum absolute atomic E-state index is 0.175. The van der Waals surface area contributed by atoms with Crippen molar-refractivity contribution in [3.63, 3.8) is 0 Å². The van der Waals surface area contributed by atoms with Crippen molar-refractivity contribution in [3.8, 4) is 0 Å². The predicted molar refractivity (Wildman–Crippen MR) is 83.9 cm³/mol. The summed E-state index contributed by atoms with van der Waals surface area (Å²) in [6.07, 6.45) is 2.30. The van der Waals surface area contributed by atoms with Crippen molar-refractivity contribution in [1.82, 2.24) is 4.31 Å². The number of carbonyl (C=O) groups excluding carboxylic acids is 2. The summed E-state index contributed by atoms with van der Waals surface area (Å²) in [7, 11) is -3.38. The van der Waals surface area contributed by atoms with Gasteiger partial charge in [-0.05, 0) is 37.1 Å². The molecule has 7 nitrogen and oxygen atoms in total. The van der Waals surface area contributed by atoms with Gasteiger partial charge in [0.05, 0.1) is 6.26 Å². The molecule has 0 saturated carbocycles. The lowest BCUT2D eigenvalue weighted by Crippen LogP contribution is -2.42. The van der Waals surface area contributed by atoms with Crippen LogP contribution in [-0.4, -0.2) is 43.4 Å². The zero-order chi connectivity index (χ0) is 16.3. The Balaban J connectivity index is 2.04. The number of benzene rings is 1. The summed E-state index contributed by atoms with van der Waals surface area (Å²) >= 11 is 0. The van der Waals surface area contributed by atoms with Crippen LogP contribution in [0.1, 0.15) is 19.8 Å². The molecule has 1 heterocycles. The van der Waals surface area contributed by atoms with Crippen LogP contribution >= 0.6 is 0 Å². The van der Waals surface area contributed by atoms with Crippen molar-refractivity contribution < 1.29 is 18.0 Å². The van der Waals surface area contributed by atoms with Crippen LogP contribution < -0.4 is 10.6 Å². The summed E-state index contributed by atoms with van der Waals surface area (Å²) in [4.78, 5) is 23.2. The molecule has 2 N–H and O–H groups in total. The first-order valence-corrected chi connectivity index (χ1v) is 8.77. The van der Waals surface area contributed by atoms with E-state index in [1.54, 1.807) is 24.3 Å². The number of hydrogen-bond donors (Lipinski definition) is 2. The van der Waals surface area contributed by atoms with Gasteiger partial charge in [-0.25, -0.2) is 8.42 Å². The molecule has 2 amide bonds. The van der Waals surface area contributed by atoms with Gasteiger partial charge in [0.1, 0.15) is 6.04 Å². The van der Waals surface area contributed by atoms with Crippen molar-refractivity contribution in [3.05, 3.63) is 24.3 Å². The topological polar surface area (TPSA) is 95.6 Å². The highest BCUT2D eigenvalue weighted by atomic mass is 32.2. The first-order valence-electron chi connectivity index (χ1n) is 6.93. The van der Waals surface area contributed by atoms with Crippen molar-refractivity contribution in [2.24, 2.45) is 0 Å². The summed E-state index contributed by atoms with van der Waals surface area (Å²) in [5, 5.41) is 5.34. The number of amides is 2. The fourth-order valence-electron chi connectivity index (χ4n) is 2.46. The van der Waals surface area contributed by atoms with Gasteiger partial charge < -0.3 is 10.6 Å². The van der Waals surface area contributed by atoms with E-state index in [2.05, 4.69) is 10.6 Å². The number of nitrogens with one attached hydrogen (secondary N) is 2. The van der Waals surface area contributed by atoms with Gasteiger partial charge in [0, 0.05) is 24.8 Å². The van der Waals surface area contributed by atoms with E-state index in [1.165, 1.54) is 11.2 Å². The molecule has 0 spiro atoms. The van der Waals surface area contributed by atoms with Crippen LogP contribution in [0.4, 0.5) is 11.4 Å². The van der Waals surface area contributed by atoms with Crippen molar-refractivity contribution >= 4 is 33.2 Å². The maximum atomic E-state index is 12.2. The van der Waals surface area contributed by atoms with E-state index in [4.69, 9.17) is 0 Å². The van der Waals surface area contributed by atoms with Crippen LogP contribution in [0.3, 0.4) is 0 Å². The highest BCUT2D eigenvalue weighted by Crippen LogP contribution is 2.22. The molecule has 1 atom stereocenters. The molecule has 1 aromatic carbocycles. The van der Waals surface area contributed by atoms with E-state index in [9.17, 15) is 18.0 Å². The zero-order valence-corrected chi connectivity index (χ0v) is 13.3. The maximum absolute atomic E-state index is 12.2. The molecular formula is C14H19N3O4S. The lowest BCUT2D eigenvalue weighted by molar-refractivity contribution is -0.119. The van der Waals surface area contributed by atoms with E-state index in [1.807, 2.05) is 0 Å². The highest BCUT2D eigenvalue weighted by molar-refractivity contribution is 7.88. The number of sulfonamides is 1. The molecule has 1 fully saturated rings. The summed E-state index contributed by atoms with van der Waals surface area (Å²) in [5.41, 5.74) is 1.18. The largest absolute Gasteiger partial charge is 0.326 e. The molecule has 120 valence electrons. The second kappa shape index (κ2) is 6.45. The smallest absolute Gasteiger partial charge is 0.242 e. The van der Waals surface area contributed by atoms with Gasteiger partial charge in [-0.3, -0.25) is 9.59 Å². The fraction of sp³-hybridized carbons (Fsp3) is 0.429. The molecule has 8 heteroatoms. The number of anilines is 2. The average Bonchev–Trinajstić information content (AvgIpc) is 2.89. The Morgan fingerprint density at radius 2 is 1.68 bits per heavy atom. The first kappa shape index (κ1) is 16.4. The molecule has 0 radical (unpaired) electrons. The van der Waals surface area contributed by atoms with Gasteiger partial charge in [-0.2, -0.15) is 4.31 Å². The third kappa shape index (κ3) is 4.05. The molecule has 1 aliphatic heterocycles. The fourth-order valence-corrected chi connectivity index (χ4v) is 3.59.